The van der Waals surface area contributed by atoms with Gasteiger partial charge in [0.15, 0.2) is 0 Å². The molecule has 1 heterocycles. The van der Waals surface area contributed by atoms with Gasteiger partial charge in [0, 0.05) is 19.2 Å². The molecule has 0 saturated heterocycles. The number of aromatic nitrogens is 2. The highest BCUT2D eigenvalue weighted by Gasteiger charge is 2.06. The Balaban J connectivity index is 2.66. The average molecular weight is 207 g/mol. The van der Waals surface area contributed by atoms with Gasteiger partial charge in [0.1, 0.15) is 5.75 Å². The highest BCUT2D eigenvalue weighted by Crippen LogP contribution is 2.17. The van der Waals surface area contributed by atoms with E-state index in [2.05, 4.69) is 4.98 Å². The molecule has 0 spiro atoms. The predicted octanol–water partition coefficient (Wildman–Crippen LogP) is 0.297. The maximum atomic E-state index is 11.5. The number of methoxy groups -OCH3 is 1. The Labute approximate surface area is 86.5 Å². The van der Waals surface area contributed by atoms with Gasteiger partial charge in [0.25, 0.3) is 0 Å². The fourth-order valence-corrected chi connectivity index (χ4v) is 1.61. The molecule has 1 aromatic carbocycles. The van der Waals surface area contributed by atoms with E-state index >= 15 is 0 Å². The molecule has 5 nitrogen and oxygen atoms in total. The van der Waals surface area contributed by atoms with Gasteiger partial charge < -0.3 is 15.5 Å². The normalized spacial score (nSPS) is 10.8. The fourth-order valence-electron chi connectivity index (χ4n) is 1.61. The minimum atomic E-state index is -0.135. The van der Waals surface area contributed by atoms with E-state index in [1.165, 1.54) is 0 Å². The molecule has 0 atom stereocenters. The number of fused-ring (bicyclic) bond motifs is 1. The molecular formula is C10H13N3O2. The first-order valence-corrected chi connectivity index (χ1v) is 4.73. The summed E-state index contributed by atoms with van der Waals surface area (Å²) in [5.41, 5.74) is 6.93. The van der Waals surface area contributed by atoms with E-state index in [1.807, 2.05) is 18.2 Å². The first-order chi connectivity index (χ1) is 7.26. The Morgan fingerprint density at radius 1 is 1.53 bits per heavy atom. The lowest BCUT2D eigenvalue weighted by Crippen LogP contribution is -2.21. The summed E-state index contributed by atoms with van der Waals surface area (Å²) >= 11 is 0. The van der Waals surface area contributed by atoms with E-state index in [0.717, 1.165) is 16.8 Å². The van der Waals surface area contributed by atoms with Crippen LogP contribution >= 0.6 is 0 Å². The Kier molecular flexibility index (Phi) is 2.47. The smallest absolute Gasteiger partial charge is 0.326 e. The third-order valence-electron chi connectivity index (χ3n) is 2.34. The van der Waals surface area contributed by atoms with Crippen LogP contribution in [0.15, 0.2) is 23.0 Å². The van der Waals surface area contributed by atoms with Gasteiger partial charge in [-0.3, -0.25) is 4.57 Å². The number of aromatic amines is 1. The number of nitrogens with zero attached hydrogens (tertiary/aromatic N) is 1. The number of ether oxygens (including phenoxy) is 1. The van der Waals surface area contributed by atoms with Crippen molar-refractivity contribution in [2.24, 2.45) is 5.73 Å². The summed E-state index contributed by atoms with van der Waals surface area (Å²) in [5.74, 6) is 0.729. The maximum absolute atomic E-state index is 11.5. The molecule has 0 aliphatic rings. The number of rotatable bonds is 3. The zero-order valence-corrected chi connectivity index (χ0v) is 8.49. The average Bonchev–Trinajstić information content (AvgIpc) is 2.55. The second kappa shape index (κ2) is 3.78. The molecule has 1 aromatic heterocycles. The van der Waals surface area contributed by atoms with Crippen molar-refractivity contribution in [1.29, 1.82) is 0 Å². The number of nitrogens with two attached hydrogens (primary N) is 1. The van der Waals surface area contributed by atoms with E-state index in [9.17, 15) is 4.79 Å². The third kappa shape index (κ3) is 1.61. The van der Waals surface area contributed by atoms with Crippen LogP contribution in [0.5, 0.6) is 5.75 Å². The molecular weight excluding hydrogens is 194 g/mol. The van der Waals surface area contributed by atoms with Crippen molar-refractivity contribution in [1.82, 2.24) is 9.55 Å². The minimum absolute atomic E-state index is 0.135. The van der Waals surface area contributed by atoms with E-state index in [0.29, 0.717) is 13.1 Å². The van der Waals surface area contributed by atoms with Gasteiger partial charge in [-0.1, -0.05) is 0 Å². The zero-order chi connectivity index (χ0) is 10.8. The summed E-state index contributed by atoms with van der Waals surface area (Å²) in [6, 6.07) is 5.45. The van der Waals surface area contributed by atoms with Gasteiger partial charge >= 0.3 is 5.69 Å². The number of hydrogen-bond donors (Lipinski definition) is 2. The quantitative estimate of drug-likeness (QED) is 0.760. The summed E-state index contributed by atoms with van der Waals surface area (Å²) in [4.78, 5) is 14.3. The highest BCUT2D eigenvalue weighted by atomic mass is 16.5. The Morgan fingerprint density at radius 3 is 3.00 bits per heavy atom. The van der Waals surface area contributed by atoms with Crippen LogP contribution in [-0.2, 0) is 6.54 Å². The number of hydrogen-bond acceptors (Lipinski definition) is 3. The van der Waals surface area contributed by atoms with Crippen molar-refractivity contribution < 1.29 is 4.74 Å². The van der Waals surface area contributed by atoms with Crippen molar-refractivity contribution in [2.45, 2.75) is 6.54 Å². The van der Waals surface area contributed by atoms with Crippen LogP contribution in [0, 0.1) is 0 Å². The lowest BCUT2D eigenvalue weighted by molar-refractivity contribution is 0.415. The molecule has 2 rings (SSSR count). The van der Waals surface area contributed by atoms with Crippen molar-refractivity contribution in [2.75, 3.05) is 13.7 Å². The fraction of sp³-hybridized carbons (Fsp3) is 0.300. The Morgan fingerprint density at radius 2 is 2.33 bits per heavy atom. The van der Waals surface area contributed by atoms with Crippen LogP contribution in [0.2, 0.25) is 0 Å². The van der Waals surface area contributed by atoms with Crippen LogP contribution in [0.25, 0.3) is 11.0 Å². The molecule has 5 heteroatoms. The van der Waals surface area contributed by atoms with Crippen LogP contribution in [0.1, 0.15) is 0 Å². The van der Waals surface area contributed by atoms with Gasteiger partial charge in [-0.05, 0) is 12.1 Å². The molecule has 0 aliphatic heterocycles. The topological polar surface area (TPSA) is 73.0 Å². The van der Waals surface area contributed by atoms with Gasteiger partial charge in [0.2, 0.25) is 0 Å². The Bertz CT molecular complexity index is 527. The highest BCUT2D eigenvalue weighted by molar-refractivity contribution is 5.76. The van der Waals surface area contributed by atoms with Gasteiger partial charge in [0.05, 0.1) is 18.1 Å². The molecule has 80 valence electrons. The molecule has 2 aromatic rings. The van der Waals surface area contributed by atoms with Crippen molar-refractivity contribution in [3.63, 3.8) is 0 Å². The molecule has 0 unspecified atom stereocenters. The standard InChI is InChI=1S/C10H13N3O2/c1-15-7-2-3-8-9(6-7)13(5-4-11)10(14)12-8/h2-3,6H,4-5,11H2,1H3,(H,12,14). The van der Waals surface area contributed by atoms with E-state index in [1.54, 1.807) is 11.7 Å². The van der Waals surface area contributed by atoms with Crippen LogP contribution in [0.4, 0.5) is 0 Å². The number of imidazole rings is 1. The van der Waals surface area contributed by atoms with Crippen molar-refractivity contribution in [3.05, 3.63) is 28.7 Å². The molecule has 3 N–H and O–H groups in total. The number of benzene rings is 1. The van der Waals surface area contributed by atoms with Gasteiger partial charge in [-0.25, -0.2) is 4.79 Å². The first-order valence-electron chi connectivity index (χ1n) is 4.73. The van der Waals surface area contributed by atoms with Crippen LogP contribution in [-0.4, -0.2) is 23.2 Å². The summed E-state index contributed by atoms with van der Waals surface area (Å²) in [6.45, 7) is 0.941. The lowest BCUT2D eigenvalue weighted by Gasteiger charge is -2.02. The summed E-state index contributed by atoms with van der Waals surface area (Å²) in [5, 5.41) is 0. The van der Waals surface area contributed by atoms with Crippen LogP contribution < -0.4 is 16.2 Å². The SMILES string of the molecule is COc1ccc2[nH]c(=O)n(CCN)c2c1. The molecule has 0 amide bonds. The monoisotopic (exact) mass is 207 g/mol. The summed E-state index contributed by atoms with van der Waals surface area (Å²) in [6.07, 6.45) is 0. The lowest BCUT2D eigenvalue weighted by atomic mass is 10.3. The second-order valence-corrected chi connectivity index (χ2v) is 3.25. The number of nitrogens with one attached hydrogen (secondary N) is 1. The molecule has 0 radical (unpaired) electrons. The van der Waals surface area contributed by atoms with E-state index in [4.69, 9.17) is 10.5 Å². The largest absolute Gasteiger partial charge is 0.497 e. The van der Waals surface area contributed by atoms with Gasteiger partial charge in [-0.2, -0.15) is 0 Å². The predicted molar refractivity (Wildman–Crippen MR) is 58.2 cm³/mol. The van der Waals surface area contributed by atoms with Crippen molar-refractivity contribution in [3.8, 4) is 5.75 Å². The summed E-state index contributed by atoms with van der Waals surface area (Å²) in [7, 11) is 1.60. The summed E-state index contributed by atoms with van der Waals surface area (Å²) < 4.78 is 6.71. The minimum Gasteiger partial charge on any atom is -0.497 e. The molecule has 0 aliphatic carbocycles. The zero-order valence-electron chi connectivity index (χ0n) is 8.49. The van der Waals surface area contributed by atoms with Gasteiger partial charge in [-0.15, -0.1) is 0 Å². The molecule has 0 fully saturated rings. The maximum Gasteiger partial charge on any atom is 0.326 e. The molecule has 15 heavy (non-hydrogen) atoms. The number of H-pyrrole nitrogens is 1. The molecule has 0 saturated carbocycles. The second-order valence-electron chi connectivity index (χ2n) is 3.25. The van der Waals surface area contributed by atoms with E-state index < -0.39 is 0 Å². The van der Waals surface area contributed by atoms with Crippen LogP contribution in [0.3, 0.4) is 0 Å². The Hall–Kier alpha value is -1.75. The molecule has 0 bridgehead atoms. The van der Waals surface area contributed by atoms with E-state index in [-0.39, 0.29) is 5.69 Å². The first kappa shape index (κ1) is 9.79. The van der Waals surface area contributed by atoms with Crippen molar-refractivity contribution >= 4 is 11.0 Å². The third-order valence-corrected chi connectivity index (χ3v) is 2.34.